The van der Waals surface area contributed by atoms with Crippen LogP contribution in [0.2, 0.25) is 0 Å². The molecule has 2 heterocycles. The predicted molar refractivity (Wildman–Crippen MR) is 121 cm³/mol. The number of amides is 2. The second kappa shape index (κ2) is 10.1. The molecule has 0 unspecified atom stereocenters. The molecule has 0 saturated carbocycles. The Morgan fingerprint density at radius 3 is 2.45 bits per heavy atom. The first-order valence-electron chi connectivity index (χ1n) is 9.84. The molecule has 7 nitrogen and oxygen atoms in total. The van der Waals surface area contributed by atoms with Crippen LogP contribution in [-0.4, -0.2) is 36.0 Å². The Balaban J connectivity index is 1.62. The van der Waals surface area contributed by atoms with Crippen LogP contribution in [-0.2, 0) is 16.1 Å². The number of esters is 1. The highest BCUT2D eigenvalue weighted by Gasteiger charge is 2.16. The van der Waals surface area contributed by atoms with Crippen LogP contribution in [0.3, 0.4) is 0 Å². The molecular formula is C23H25N3O4S. The normalized spacial score (nSPS) is 10.5. The summed E-state index contributed by atoms with van der Waals surface area (Å²) >= 11 is 1.69. The van der Waals surface area contributed by atoms with Gasteiger partial charge in [0.25, 0.3) is 11.8 Å². The number of carbonyl (C=O) groups excluding carboxylic acids is 3. The average molecular weight is 440 g/mol. The van der Waals surface area contributed by atoms with Crippen molar-refractivity contribution >= 4 is 34.8 Å². The molecule has 0 aliphatic heterocycles. The number of aryl methyl sites for hydroxylation is 1. The Morgan fingerprint density at radius 1 is 1.06 bits per heavy atom. The molecular weight excluding hydrogens is 414 g/mol. The maximum absolute atomic E-state index is 12.8. The third-order valence-electron chi connectivity index (χ3n) is 4.96. The molecule has 2 aromatic heterocycles. The first-order chi connectivity index (χ1) is 14.9. The average Bonchev–Trinajstić information content (AvgIpc) is 3.37. The molecule has 3 rings (SSSR count). The lowest BCUT2D eigenvalue weighted by Gasteiger charge is -2.09. The molecule has 162 valence electrons. The minimum atomic E-state index is -0.381. The zero-order valence-corrected chi connectivity index (χ0v) is 18.5. The van der Waals surface area contributed by atoms with Gasteiger partial charge in [0.2, 0.25) is 0 Å². The Kier molecular flexibility index (Phi) is 7.25. The molecule has 0 atom stereocenters. The highest BCUT2D eigenvalue weighted by Crippen LogP contribution is 2.20. The SMILES string of the molecule is COC(=O)CCNC(=O)c1ccc(NC(=O)c2cc(C)n(Cc3cccs3)c2C)cc1. The second-order valence-corrected chi connectivity index (χ2v) is 8.10. The Hall–Kier alpha value is -3.39. The summed E-state index contributed by atoms with van der Waals surface area (Å²) in [6, 6.07) is 12.6. The summed E-state index contributed by atoms with van der Waals surface area (Å²) in [6.45, 7) is 4.87. The van der Waals surface area contributed by atoms with Crippen LogP contribution in [0.1, 0.15) is 43.4 Å². The molecule has 0 saturated heterocycles. The summed E-state index contributed by atoms with van der Waals surface area (Å²) in [5.74, 6) is -0.868. The molecule has 0 bridgehead atoms. The van der Waals surface area contributed by atoms with Crippen molar-refractivity contribution in [1.82, 2.24) is 9.88 Å². The zero-order chi connectivity index (χ0) is 22.4. The fourth-order valence-electron chi connectivity index (χ4n) is 3.22. The predicted octanol–water partition coefficient (Wildman–Crippen LogP) is 3.76. The number of carbonyl (C=O) groups is 3. The highest BCUT2D eigenvalue weighted by atomic mass is 32.1. The fourth-order valence-corrected chi connectivity index (χ4v) is 3.91. The summed E-state index contributed by atoms with van der Waals surface area (Å²) in [4.78, 5) is 37.3. The smallest absolute Gasteiger partial charge is 0.307 e. The lowest BCUT2D eigenvalue weighted by atomic mass is 10.1. The van der Waals surface area contributed by atoms with E-state index in [9.17, 15) is 14.4 Å². The summed E-state index contributed by atoms with van der Waals surface area (Å²) in [5, 5.41) is 7.59. The van der Waals surface area contributed by atoms with E-state index in [1.54, 1.807) is 35.6 Å². The molecule has 0 radical (unpaired) electrons. The van der Waals surface area contributed by atoms with E-state index in [0.717, 1.165) is 17.9 Å². The molecule has 0 spiro atoms. The molecule has 0 aliphatic carbocycles. The largest absolute Gasteiger partial charge is 0.469 e. The van der Waals surface area contributed by atoms with Crippen molar-refractivity contribution in [2.75, 3.05) is 19.0 Å². The van der Waals surface area contributed by atoms with Gasteiger partial charge in [-0.3, -0.25) is 14.4 Å². The number of benzene rings is 1. The van der Waals surface area contributed by atoms with E-state index in [4.69, 9.17) is 0 Å². The lowest BCUT2D eigenvalue weighted by Crippen LogP contribution is -2.26. The standard InChI is InChI=1S/C23H25N3O4S/c1-15-13-20(16(2)26(15)14-19-5-4-12-31-19)23(29)25-18-8-6-17(7-9-18)22(28)24-11-10-21(27)30-3/h4-9,12-13H,10-11,14H2,1-3H3,(H,24,28)(H,25,29). The van der Waals surface area contributed by atoms with E-state index in [1.807, 2.05) is 31.4 Å². The third kappa shape index (κ3) is 5.61. The molecule has 3 aromatic rings. The van der Waals surface area contributed by atoms with E-state index < -0.39 is 0 Å². The maximum atomic E-state index is 12.8. The van der Waals surface area contributed by atoms with Crippen LogP contribution < -0.4 is 10.6 Å². The van der Waals surface area contributed by atoms with Crippen molar-refractivity contribution < 1.29 is 19.1 Å². The van der Waals surface area contributed by atoms with Crippen molar-refractivity contribution in [2.45, 2.75) is 26.8 Å². The van der Waals surface area contributed by atoms with Crippen molar-refractivity contribution in [2.24, 2.45) is 0 Å². The number of nitrogens with zero attached hydrogens (tertiary/aromatic N) is 1. The molecule has 31 heavy (non-hydrogen) atoms. The van der Waals surface area contributed by atoms with Crippen LogP contribution in [0, 0.1) is 13.8 Å². The number of methoxy groups -OCH3 is 1. The number of anilines is 1. The van der Waals surface area contributed by atoms with Gasteiger partial charge in [0, 0.05) is 34.1 Å². The van der Waals surface area contributed by atoms with Crippen molar-refractivity contribution in [3.63, 3.8) is 0 Å². The van der Waals surface area contributed by atoms with Crippen molar-refractivity contribution in [1.29, 1.82) is 0 Å². The quantitative estimate of drug-likeness (QED) is 0.523. The zero-order valence-electron chi connectivity index (χ0n) is 17.7. The van der Waals surface area contributed by atoms with Gasteiger partial charge in [-0.25, -0.2) is 0 Å². The van der Waals surface area contributed by atoms with Gasteiger partial charge in [-0.05, 0) is 55.6 Å². The second-order valence-electron chi connectivity index (χ2n) is 7.06. The molecule has 2 amide bonds. The fraction of sp³-hybridized carbons (Fsp3) is 0.261. The number of thiophene rings is 1. The van der Waals surface area contributed by atoms with Crippen molar-refractivity contribution in [3.8, 4) is 0 Å². The number of hydrogen-bond donors (Lipinski definition) is 2. The van der Waals surface area contributed by atoms with Crippen LogP contribution in [0.15, 0.2) is 47.8 Å². The van der Waals surface area contributed by atoms with Gasteiger partial charge in [-0.2, -0.15) is 0 Å². The first-order valence-corrected chi connectivity index (χ1v) is 10.7. The molecule has 0 fully saturated rings. The van der Waals surface area contributed by atoms with Gasteiger partial charge in [0.1, 0.15) is 0 Å². The van der Waals surface area contributed by atoms with Gasteiger partial charge in [-0.15, -0.1) is 11.3 Å². The minimum Gasteiger partial charge on any atom is -0.469 e. The van der Waals surface area contributed by atoms with Gasteiger partial charge >= 0.3 is 5.97 Å². The summed E-state index contributed by atoms with van der Waals surface area (Å²) < 4.78 is 6.67. The van der Waals surface area contributed by atoms with E-state index >= 15 is 0 Å². The monoisotopic (exact) mass is 439 g/mol. The molecule has 1 aromatic carbocycles. The molecule has 8 heteroatoms. The highest BCUT2D eigenvalue weighted by molar-refractivity contribution is 7.09. The van der Waals surface area contributed by atoms with E-state index in [-0.39, 0.29) is 30.7 Å². The Morgan fingerprint density at radius 2 is 1.81 bits per heavy atom. The first kappa shape index (κ1) is 22.3. The van der Waals surface area contributed by atoms with E-state index in [1.165, 1.54) is 12.0 Å². The molecule has 2 N–H and O–H groups in total. The summed E-state index contributed by atoms with van der Waals surface area (Å²) in [7, 11) is 1.30. The van der Waals surface area contributed by atoms with Gasteiger partial charge in [-0.1, -0.05) is 6.07 Å². The number of rotatable bonds is 8. The Labute approximate surface area is 185 Å². The number of ether oxygens (including phenoxy) is 1. The van der Waals surface area contributed by atoms with Crippen LogP contribution >= 0.6 is 11.3 Å². The van der Waals surface area contributed by atoms with Crippen LogP contribution in [0.25, 0.3) is 0 Å². The Bertz CT molecular complexity index is 1070. The van der Waals surface area contributed by atoms with E-state index in [0.29, 0.717) is 16.8 Å². The van der Waals surface area contributed by atoms with E-state index in [2.05, 4.69) is 26.0 Å². The van der Waals surface area contributed by atoms with Gasteiger partial charge < -0.3 is 19.9 Å². The number of aromatic nitrogens is 1. The summed E-state index contributed by atoms with van der Waals surface area (Å²) in [5.41, 5.74) is 3.59. The molecule has 0 aliphatic rings. The van der Waals surface area contributed by atoms with Crippen LogP contribution in [0.4, 0.5) is 5.69 Å². The lowest BCUT2D eigenvalue weighted by molar-refractivity contribution is -0.140. The van der Waals surface area contributed by atoms with Gasteiger partial charge in [0.05, 0.1) is 25.6 Å². The van der Waals surface area contributed by atoms with Crippen LogP contribution in [0.5, 0.6) is 0 Å². The van der Waals surface area contributed by atoms with Gasteiger partial charge in [0.15, 0.2) is 0 Å². The third-order valence-corrected chi connectivity index (χ3v) is 5.82. The van der Waals surface area contributed by atoms with Crippen molar-refractivity contribution in [3.05, 3.63) is 75.2 Å². The number of nitrogens with one attached hydrogen (secondary N) is 2. The number of hydrogen-bond acceptors (Lipinski definition) is 5. The minimum absolute atomic E-state index is 0.112. The maximum Gasteiger partial charge on any atom is 0.307 e. The summed E-state index contributed by atoms with van der Waals surface area (Å²) in [6.07, 6.45) is 0.112. The topological polar surface area (TPSA) is 89.4 Å².